The first kappa shape index (κ1) is 19.7. The third-order valence-corrected chi connectivity index (χ3v) is 4.26. The molecule has 1 aliphatic heterocycles. The highest BCUT2D eigenvalue weighted by molar-refractivity contribution is 6.30. The van der Waals surface area contributed by atoms with E-state index in [1.165, 1.54) is 24.3 Å². The van der Waals surface area contributed by atoms with Crippen molar-refractivity contribution in [3.8, 4) is 11.5 Å². The zero-order valence-corrected chi connectivity index (χ0v) is 15.7. The van der Waals surface area contributed by atoms with Gasteiger partial charge in [-0.05, 0) is 48.4 Å². The van der Waals surface area contributed by atoms with Gasteiger partial charge in [0.05, 0.1) is 11.1 Å². The first-order valence-corrected chi connectivity index (χ1v) is 8.79. The molecule has 1 N–H and O–H groups in total. The Hall–Kier alpha value is -3.06. The van der Waals surface area contributed by atoms with Gasteiger partial charge in [0.15, 0.2) is 18.1 Å². The average Bonchev–Trinajstić information content (AvgIpc) is 3.15. The van der Waals surface area contributed by atoms with Gasteiger partial charge in [-0.3, -0.25) is 4.79 Å². The number of amides is 1. The molecular weight excluding hydrogens is 389 g/mol. The van der Waals surface area contributed by atoms with Gasteiger partial charge in [-0.15, -0.1) is 0 Å². The highest BCUT2D eigenvalue weighted by Crippen LogP contribution is 2.34. The van der Waals surface area contributed by atoms with Gasteiger partial charge in [-0.25, -0.2) is 9.18 Å². The van der Waals surface area contributed by atoms with Crippen molar-refractivity contribution in [2.45, 2.75) is 13.0 Å². The normalized spacial score (nSPS) is 13.4. The summed E-state index contributed by atoms with van der Waals surface area (Å²) in [6.45, 7) is 1.55. The zero-order valence-electron chi connectivity index (χ0n) is 14.9. The summed E-state index contributed by atoms with van der Waals surface area (Å²) in [7, 11) is 0. The minimum absolute atomic E-state index is 0.0487. The van der Waals surface area contributed by atoms with Crippen LogP contribution in [-0.4, -0.2) is 25.3 Å². The summed E-state index contributed by atoms with van der Waals surface area (Å²) in [5.74, 6) is -0.417. The summed E-state index contributed by atoms with van der Waals surface area (Å²) in [6, 6.07) is 9.10. The maximum atomic E-state index is 13.1. The Morgan fingerprint density at radius 2 is 2.04 bits per heavy atom. The lowest BCUT2D eigenvalue weighted by Gasteiger charge is -2.14. The first-order chi connectivity index (χ1) is 13.4. The Kier molecular flexibility index (Phi) is 6.16. The van der Waals surface area contributed by atoms with E-state index in [0.29, 0.717) is 17.1 Å². The molecule has 0 saturated carbocycles. The van der Waals surface area contributed by atoms with Gasteiger partial charge in [-0.1, -0.05) is 23.7 Å². The molecule has 0 radical (unpaired) electrons. The molecule has 0 spiro atoms. The summed E-state index contributed by atoms with van der Waals surface area (Å²) < 4.78 is 28.6. The van der Waals surface area contributed by atoms with Crippen LogP contribution in [0.3, 0.4) is 0 Å². The lowest BCUT2D eigenvalue weighted by atomic mass is 10.1. The number of carbonyl (C=O) groups is 2. The van der Waals surface area contributed by atoms with Crippen LogP contribution in [0.25, 0.3) is 6.08 Å². The Balaban J connectivity index is 1.47. The molecule has 0 unspecified atom stereocenters. The maximum absolute atomic E-state index is 13.1. The fraction of sp³-hybridized carbons (Fsp3) is 0.200. The van der Waals surface area contributed by atoms with E-state index in [1.807, 2.05) is 6.07 Å². The molecule has 2 aromatic rings. The summed E-state index contributed by atoms with van der Waals surface area (Å²) >= 11 is 5.67. The fourth-order valence-corrected chi connectivity index (χ4v) is 2.70. The standard InChI is InChI=1S/C20H17ClFNO5/c1-12(14-4-6-17-18(9-14)28-11-27-17)23-19(24)10-26-20(25)7-3-13-2-5-16(22)15(21)8-13/h2-9,12H,10-11H2,1H3,(H,23,24)/b7-3+/t12-/m0/s1. The van der Waals surface area contributed by atoms with Gasteiger partial charge >= 0.3 is 5.97 Å². The van der Waals surface area contributed by atoms with E-state index < -0.39 is 24.3 Å². The summed E-state index contributed by atoms with van der Waals surface area (Å²) in [6.07, 6.45) is 2.55. The van der Waals surface area contributed by atoms with Crippen molar-refractivity contribution in [1.29, 1.82) is 0 Å². The van der Waals surface area contributed by atoms with Crippen LogP contribution < -0.4 is 14.8 Å². The second kappa shape index (κ2) is 8.75. The van der Waals surface area contributed by atoms with Crippen LogP contribution in [0.5, 0.6) is 11.5 Å². The number of nitrogens with one attached hydrogen (secondary N) is 1. The monoisotopic (exact) mass is 405 g/mol. The summed E-state index contributed by atoms with van der Waals surface area (Å²) in [5.41, 5.74) is 1.36. The fourth-order valence-electron chi connectivity index (χ4n) is 2.51. The number of halogens is 2. The zero-order chi connectivity index (χ0) is 20.1. The minimum Gasteiger partial charge on any atom is -0.454 e. The quantitative estimate of drug-likeness (QED) is 0.586. The molecule has 0 bridgehead atoms. The molecule has 0 aromatic heterocycles. The highest BCUT2D eigenvalue weighted by Gasteiger charge is 2.17. The topological polar surface area (TPSA) is 73.9 Å². The van der Waals surface area contributed by atoms with Crippen LogP contribution in [0, 0.1) is 5.82 Å². The number of benzene rings is 2. The molecule has 146 valence electrons. The third kappa shape index (κ3) is 5.01. The first-order valence-electron chi connectivity index (χ1n) is 8.41. The van der Waals surface area contributed by atoms with Gasteiger partial charge in [0, 0.05) is 6.08 Å². The van der Waals surface area contributed by atoms with Crippen LogP contribution in [0.1, 0.15) is 24.1 Å². The van der Waals surface area contributed by atoms with Crippen LogP contribution in [0.15, 0.2) is 42.5 Å². The molecule has 1 atom stereocenters. The second-order valence-corrected chi connectivity index (χ2v) is 6.42. The van der Waals surface area contributed by atoms with Crippen molar-refractivity contribution in [2.75, 3.05) is 13.4 Å². The molecule has 1 amide bonds. The molecule has 0 aliphatic carbocycles. The number of hydrogen-bond acceptors (Lipinski definition) is 5. The predicted octanol–water partition coefficient (Wildman–Crippen LogP) is 3.64. The van der Waals surface area contributed by atoms with Crippen LogP contribution in [-0.2, 0) is 14.3 Å². The number of carbonyl (C=O) groups excluding carboxylic acids is 2. The van der Waals surface area contributed by atoms with Crippen molar-refractivity contribution in [3.63, 3.8) is 0 Å². The average molecular weight is 406 g/mol. The molecule has 6 nitrogen and oxygen atoms in total. The Labute approximate surface area is 165 Å². The molecule has 2 aromatic carbocycles. The number of hydrogen-bond donors (Lipinski definition) is 1. The van der Waals surface area contributed by atoms with E-state index in [1.54, 1.807) is 19.1 Å². The Morgan fingerprint density at radius 1 is 1.25 bits per heavy atom. The van der Waals surface area contributed by atoms with Gasteiger partial charge in [0.1, 0.15) is 5.82 Å². The molecule has 1 heterocycles. The lowest BCUT2D eigenvalue weighted by molar-refractivity contribution is -0.144. The van der Waals surface area contributed by atoms with Crippen LogP contribution >= 0.6 is 11.6 Å². The predicted molar refractivity (Wildman–Crippen MR) is 101 cm³/mol. The number of esters is 1. The molecule has 3 rings (SSSR count). The van der Waals surface area contributed by atoms with Crippen molar-refractivity contribution in [1.82, 2.24) is 5.32 Å². The summed E-state index contributed by atoms with van der Waals surface area (Å²) in [4.78, 5) is 23.7. The van der Waals surface area contributed by atoms with E-state index in [-0.39, 0.29) is 17.9 Å². The third-order valence-electron chi connectivity index (χ3n) is 3.98. The van der Waals surface area contributed by atoms with Gasteiger partial charge in [0.2, 0.25) is 6.79 Å². The van der Waals surface area contributed by atoms with Crippen molar-refractivity contribution in [3.05, 3.63) is 64.4 Å². The smallest absolute Gasteiger partial charge is 0.331 e. The van der Waals surface area contributed by atoms with E-state index in [0.717, 1.165) is 11.6 Å². The van der Waals surface area contributed by atoms with Gasteiger partial charge in [-0.2, -0.15) is 0 Å². The van der Waals surface area contributed by atoms with Gasteiger partial charge < -0.3 is 19.5 Å². The van der Waals surface area contributed by atoms with Gasteiger partial charge in [0.25, 0.3) is 5.91 Å². The van der Waals surface area contributed by atoms with E-state index >= 15 is 0 Å². The lowest BCUT2D eigenvalue weighted by Crippen LogP contribution is -2.30. The number of ether oxygens (including phenoxy) is 3. The molecule has 28 heavy (non-hydrogen) atoms. The number of fused-ring (bicyclic) bond motifs is 1. The summed E-state index contributed by atoms with van der Waals surface area (Å²) in [5, 5.41) is 2.69. The Bertz CT molecular complexity index is 931. The highest BCUT2D eigenvalue weighted by atomic mass is 35.5. The molecule has 0 saturated heterocycles. The largest absolute Gasteiger partial charge is 0.454 e. The van der Waals surface area contributed by atoms with E-state index in [2.05, 4.69) is 5.32 Å². The molecule has 0 fully saturated rings. The molecular formula is C20H17ClFNO5. The molecule has 8 heteroatoms. The van der Waals surface area contributed by atoms with Crippen molar-refractivity contribution >= 4 is 29.6 Å². The van der Waals surface area contributed by atoms with Crippen LogP contribution in [0.2, 0.25) is 5.02 Å². The molecule has 1 aliphatic rings. The van der Waals surface area contributed by atoms with Crippen LogP contribution in [0.4, 0.5) is 4.39 Å². The van der Waals surface area contributed by atoms with Crippen molar-refractivity contribution in [2.24, 2.45) is 0 Å². The second-order valence-electron chi connectivity index (χ2n) is 6.02. The SMILES string of the molecule is C[C@H](NC(=O)COC(=O)/C=C/c1ccc(F)c(Cl)c1)c1ccc2c(c1)OCO2. The van der Waals surface area contributed by atoms with Crippen molar-refractivity contribution < 1.29 is 28.2 Å². The Morgan fingerprint density at radius 3 is 2.82 bits per heavy atom. The minimum atomic E-state index is -0.702. The maximum Gasteiger partial charge on any atom is 0.331 e. The van der Waals surface area contributed by atoms with E-state index in [9.17, 15) is 14.0 Å². The van der Waals surface area contributed by atoms with E-state index in [4.69, 9.17) is 25.8 Å². The number of rotatable bonds is 6.